The van der Waals surface area contributed by atoms with Gasteiger partial charge in [0.15, 0.2) is 0 Å². The molecule has 1 N–H and O–H groups in total. The number of ether oxygens (including phenoxy) is 1. The lowest BCUT2D eigenvalue weighted by atomic mass is 9.95. The summed E-state index contributed by atoms with van der Waals surface area (Å²) < 4.78 is 5.37. The highest BCUT2D eigenvalue weighted by atomic mass is 16.6. The van der Waals surface area contributed by atoms with E-state index < -0.39 is 11.7 Å². The normalized spacial score (nSPS) is 16.8. The van der Waals surface area contributed by atoms with Crippen molar-refractivity contribution in [3.8, 4) is 11.1 Å². The number of amides is 2. The van der Waals surface area contributed by atoms with Crippen molar-refractivity contribution in [2.75, 3.05) is 13.1 Å². The Morgan fingerprint density at radius 3 is 2.50 bits per heavy atom. The molecule has 3 rings (SSSR count). The van der Waals surface area contributed by atoms with Gasteiger partial charge in [0.1, 0.15) is 5.60 Å². The van der Waals surface area contributed by atoms with E-state index in [2.05, 4.69) is 37.4 Å². The lowest BCUT2D eigenvalue weighted by Gasteiger charge is -2.34. The van der Waals surface area contributed by atoms with Gasteiger partial charge in [0.25, 0.3) is 5.91 Å². The largest absolute Gasteiger partial charge is 0.444 e. The highest BCUT2D eigenvalue weighted by Crippen LogP contribution is 2.27. The van der Waals surface area contributed by atoms with Gasteiger partial charge in [0, 0.05) is 24.7 Å². The van der Waals surface area contributed by atoms with Crippen molar-refractivity contribution in [3.05, 3.63) is 59.2 Å². The molecular formula is C25H32N2O3. The number of rotatable bonds is 3. The Hall–Kier alpha value is -2.82. The summed E-state index contributed by atoms with van der Waals surface area (Å²) in [7, 11) is 0. The Balaban J connectivity index is 1.76. The second-order valence-electron chi connectivity index (χ2n) is 9.08. The van der Waals surface area contributed by atoms with Crippen molar-refractivity contribution < 1.29 is 14.3 Å². The molecule has 0 radical (unpaired) electrons. The fourth-order valence-electron chi connectivity index (χ4n) is 3.75. The van der Waals surface area contributed by atoms with Gasteiger partial charge in [-0.15, -0.1) is 0 Å². The zero-order chi connectivity index (χ0) is 21.9. The van der Waals surface area contributed by atoms with E-state index in [1.807, 2.05) is 49.9 Å². The summed E-state index contributed by atoms with van der Waals surface area (Å²) in [4.78, 5) is 27.4. The fourth-order valence-corrected chi connectivity index (χ4v) is 3.75. The molecule has 160 valence electrons. The number of carbonyl (C=O) groups excluding carboxylic acids is 2. The van der Waals surface area contributed by atoms with Gasteiger partial charge in [0.05, 0.1) is 0 Å². The fraction of sp³-hybridized carbons (Fsp3) is 0.440. The summed E-state index contributed by atoms with van der Waals surface area (Å²) in [6.45, 7) is 10.9. The average molecular weight is 409 g/mol. The van der Waals surface area contributed by atoms with E-state index in [0.29, 0.717) is 18.7 Å². The Kier molecular flexibility index (Phi) is 6.49. The Morgan fingerprint density at radius 2 is 1.80 bits per heavy atom. The van der Waals surface area contributed by atoms with Crippen LogP contribution in [0.1, 0.15) is 55.1 Å². The third-order valence-electron chi connectivity index (χ3n) is 5.40. The summed E-state index contributed by atoms with van der Waals surface area (Å²) >= 11 is 0. The first-order valence-electron chi connectivity index (χ1n) is 10.6. The first kappa shape index (κ1) is 21.9. The number of hydrogen-bond acceptors (Lipinski definition) is 3. The van der Waals surface area contributed by atoms with E-state index in [1.165, 1.54) is 11.1 Å². The van der Waals surface area contributed by atoms with Crippen LogP contribution in [0.2, 0.25) is 0 Å². The molecule has 1 aliphatic rings. The van der Waals surface area contributed by atoms with Gasteiger partial charge in [-0.1, -0.05) is 36.4 Å². The van der Waals surface area contributed by atoms with E-state index in [4.69, 9.17) is 4.74 Å². The topological polar surface area (TPSA) is 58.6 Å². The van der Waals surface area contributed by atoms with Gasteiger partial charge in [-0.05, 0) is 75.8 Å². The second-order valence-corrected chi connectivity index (χ2v) is 9.08. The van der Waals surface area contributed by atoms with E-state index >= 15 is 0 Å². The maximum absolute atomic E-state index is 13.4. The summed E-state index contributed by atoms with van der Waals surface area (Å²) in [6.07, 6.45) is 1.25. The van der Waals surface area contributed by atoms with Crippen molar-refractivity contribution >= 4 is 12.0 Å². The van der Waals surface area contributed by atoms with Gasteiger partial charge in [-0.25, -0.2) is 4.79 Å². The molecule has 1 fully saturated rings. The molecule has 1 unspecified atom stereocenters. The summed E-state index contributed by atoms with van der Waals surface area (Å²) in [6, 6.07) is 13.9. The molecule has 2 aromatic rings. The molecule has 0 spiro atoms. The van der Waals surface area contributed by atoms with Gasteiger partial charge in [-0.2, -0.15) is 0 Å². The van der Waals surface area contributed by atoms with Crippen molar-refractivity contribution in [1.82, 2.24) is 10.2 Å². The van der Waals surface area contributed by atoms with E-state index in [9.17, 15) is 9.59 Å². The molecule has 0 bridgehead atoms. The van der Waals surface area contributed by atoms with Crippen LogP contribution in [0.5, 0.6) is 0 Å². The zero-order valence-corrected chi connectivity index (χ0v) is 18.6. The molecule has 30 heavy (non-hydrogen) atoms. The molecule has 5 heteroatoms. The van der Waals surface area contributed by atoms with E-state index in [1.54, 1.807) is 0 Å². The number of carbonyl (C=O) groups is 2. The maximum atomic E-state index is 13.4. The van der Waals surface area contributed by atoms with Gasteiger partial charge in [0.2, 0.25) is 0 Å². The molecule has 5 nitrogen and oxygen atoms in total. The number of nitrogens with one attached hydrogen (secondary N) is 1. The van der Waals surface area contributed by atoms with Crippen molar-refractivity contribution in [2.24, 2.45) is 0 Å². The lowest BCUT2D eigenvalue weighted by molar-refractivity contribution is 0.0452. The molecule has 2 aromatic carbocycles. The van der Waals surface area contributed by atoms with Crippen LogP contribution in [0.25, 0.3) is 11.1 Å². The van der Waals surface area contributed by atoms with Crippen LogP contribution in [0.15, 0.2) is 42.5 Å². The molecule has 0 aromatic heterocycles. The van der Waals surface area contributed by atoms with Crippen LogP contribution in [-0.2, 0) is 4.74 Å². The number of alkyl carbamates (subject to hydrolysis) is 1. The van der Waals surface area contributed by atoms with Crippen LogP contribution in [0.3, 0.4) is 0 Å². The van der Waals surface area contributed by atoms with E-state index in [0.717, 1.165) is 24.0 Å². The highest BCUT2D eigenvalue weighted by Gasteiger charge is 2.28. The van der Waals surface area contributed by atoms with Gasteiger partial charge < -0.3 is 15.0 Å². The number of nitrogens with zero attached hydrogens (tertiary/aromatic N) is 1. The highest BCUT2D eigenvalue weighted by molar-refractivity contribution is 6.01. The molecule has 1 aliphatic heterocycles. The summed E-state index contributed by atoms with van der Waals surface area (Å²) in [5, 5.41) is 2.92. The third-order valence-corrected chi connectivity index (χ3v) is 5.40. The minimum Gasteiger partial charge on any atom is -0.444 e. The summed E-state index contributed by atoms with van der Waals surface area (Å²) in [5.74, 6) is -0.000447. The molecule has 0 saturated carbocycles. The maximum Gasteiger partial charge on any atom is 0.407 e. The quantitative estimate of drug-likeness (QED) is 0.769. The lowest BCUT2D eigenvalue weighted by Crippen LogP contribution is -2.50. The van der Waals surface area contributed by atoms with Crippen LogP contribution in [0.4, 0.5) is 4.79 Å². The van der Waals surface area contributed by atoms with Crippen LogP contribution in [0, 0.1) is 13.8 Å². The second kappa shape index (κ2) is 8.90. The number of likely N-dealkylation sites (tertiary alicyclic amines) is 1. The average Bonchev–Trinajstić information content (AvgIpc) is 2.68. The minimum absolute atomic E-state index is 0.000447. The van der Waals surface area contributed by atoms with Crippen molar-refractivity contribution in [3.63, 3.8) is 0 Å². The molecular weight excluding hydrogens is 376 g/mol. The first-order chi connectivity index (χ1) is 14.1. The summed E-state index contributed by atoms with van der Waals surface area (Å²) in [5.41, 5.74) is 4.57. The number of hydrogen-bond donors (Lipinski definition) is 1. The predicted molar refractivity (Wildman–Crippen MR) is 120 cm³/mol. The van der Waals surface area contributed by atoms with Crippen LogP contribution < -0.4 is 5.32 Å². The predicted octanol–water partition coefficient (Wildman–Crippen LogP) is 5.10. The molecule has 1 saturated heterocycles. The Morgan fingerprint density at radius 1 is 1.07 bits per heavy atom. The van der Waals surface area contributed by atoms with Crippen LogP contribution >= 0.6 is 0 Å². The SMILES string of the molecule is Cc1ccc(-c2ccccc2C(=O)N2CCCC(NC(=O)OC(C)(C)C)C2)cc1C. The van der Waals surface area contributed by atoms with Crippen LogP contribution in [-0.4, -0.2) is 41.6 Å². The van der Waals surface area contributed by atoms with Gasteiger partial charge >= 0.3 is 6.09 Å². The third kappa shape index (κ3) is 5.41. The van der Waals surface area contributed by atoms with E-state index in [-0.39, 0.29) is 11.9 Å². The van der Waals surface area contributed by atoms with Crippen molar-refractivity contribution in [2.45, 2.75) is 59.1 Å². The number of aryl methyl sites for hydroxylation is 2. The zero-order valence-electron chi connectivity index (χ0n) is 18.6. The standard InChI is InChI=1S/C25H32N2O3/c1-17-12-13-19(15-18(17)2)21-10-6-7-11-22(21)23(28)27-14-8-9-20(16-27)26-24(29)30-25(3,4)5/h6-7,10-13,15,20H,8-9,14,16H2,1-5H3,(H,26,29). The first-order valence-corrected chi connectivity index (χ1v) is 10.6. The van der Waals surface area contributed by atoms with Gasteiger partial charge in [-0.3, -0.25) is 4.79 Å². The minimum atomic E-state index is -0.542. The van der Waals surface area contributed by atoms with Crippen molar-refractivity contribution in [1.29, 1.82) is 0 Å². The Bertz CT molecular complexity index is 930. The number of piperidine rings is 1. The molecule has 0 aliphatic carbocycles. The Labute approximate surface area is 179 Å². The molecule has 2 amide bonds. The smallest absolute Gasteiger partial charge is 0.407 e. The molecule has 1 atom stereocenters. The number of benzene rings is 2. The molecule has 1 heterocycles. The monoisotopic (exact) mass is 408 g/mol.